The predicted octanol–water partition coefficient (Wildman–Crippen LogP) is 5.00. The maximum absolute atomic E-state index is 13.2. The second-order valence-electron chi connectivity index (χ2n) is 9.03. The van der Waals surface area contributed by atoms with Gasteiger partial charge in [-0.1, -0.05) is 29.3 Å². The van der Waals surface area contributed by atoms with Crippen LogP contribution in [0.5, 0.6) is 0 Å². The molecule has 10 heteroatoms. The highest BCUT2D eigenvalue weighted by Gasteiger charge is 2.38. The van der Waals surface area contributed by atoms with Gasteiger partial charge in [0.1, 0.15) is 11.9 Å². The number of benzene rings is 1. The second kappa shape index (κ2) is 9.21. The smallest absolute Gasteiger partial charge is 0.343 e. The maximum Gasteiger partial charge on any atom is 0.417 e. The van der Waals surface area contributed by atoms with Gasteiger partial charge in [-0.25, -0.2) is 9.99 Å². The van der Waals surface area contributed by atoms with Gasteiger partial charge < -0.3 is 4.90 Å². The molecule has 1 fully saturated rings. The van der Waals surface area contributed by atoms with Crippen LogP contribution in [0.4, 0.5) is 19.0 Å². The summed E-state index contributed by atoms with van der Waals surface area (Å²) in [7, 11) is 0. The van der Waals surface area contributed by atoms with Crippen molar-refractivity contribution in [1.82, 2.24) is 15.4 Å². The number of hydrogen-bond acceptors (Lipinski definition) is 4. The first kappa shape index (κ1) is 24.8. The Kier molecular flexibility index (Phi) is 6.93. The summed E-state index contributed by atoms with van der Waals surface area (Å²) in [4.78, 5) is 31.8. The monoisotopic (exact) mass is 482 g/mol. The van der Waals surface area contributed by atoms with Crippen molar-refractivity contribution in [2.45, 2.75) is 58.3 Å². The van der Waals surface area contributed by atoms with Crippen LogP contribution < -0.4 is 10.3 Å². The zero-order valence-electron chi connectivity index (χ0n) is 18.8. The van der Waals surface area contributed by atoms with Crippen molar-refractivity contribution in [2.75, 3.05) is 11.4 Å². The van der Waals surface area contributed by atoms with Crippen LogP contribution in [0.15, 0.2) is 36.5 Å². The lowest BCUT2D eigenvalue weighted by atomic mass is 10.1. The van der Waals surface area contributed by atoms with E-state index in [1.165, 1.54) is 5.01 Å². The molecule has 3 rings (SSSR count). The van der Waals surface area contributed by atoms with E-state index in [-0.39, 0.29) is 16.7 Å². The molecule has 1 aromatic heterocycles. The van der Waals surface area contributed by atoms with E-state index in [0.29, 0.717) is 31.1 Å². The Bertz CT molecular complexity index is 1040. The molecule has 0 aliphatic carbocycles. The van der Waals surface area contributed by atoms with Gasteiger partial charge in [-0.05, 0) is 58.7 Å². The molecule has 0 bridgehead atoms. The fourth-order valence-corrected chi connectivity index (χ4v) is 3.90. The van der Waals surface area contributed by atoms with Gasteiger partial charge in [0.25, 0.3) is 11.8 Å². The lowest BCUT2D eigenvalue weighted by Crippen LogP contribution is -2.59. The van der Waals surface area contributed by atoms with Gasteiger partial charge in [-0.3, -0.25) is 15.0 Å². The summed E-state index contributed by atoms with van der Waals surface area (Å²) in [5.41, 5.74) is 2.45. The number of nitrogens with zero attached hydrogens (tertiary/aromatic N) is 3. The molecule has 1 unspecified atom stereocenters. The van der Waals surface area contributed by atoms with Crippen LogP contribution in [-0.4, -0.2) is 39.9 Å². The fraction of sp³-hybridized carbons (Fsp3) is 0.435. The van der Waals surface area contributed by atoms with Crippen molar-refractivity contribution < 1.29 is 22.8 Å². The average molecular weight is 483 g/mol. The van der Waals surface area contributed by atoms with E-state index in [0.717, 1.165) is 11.6 Å². The summed E-state index contributed by atoms with van der Waals surface area (Å²) >= 11 is 6.11. The largest absolute Gasteiger partial charge is 0.417 e. The molecule has 0 spiro atoms. The molecule has 33 heavy (non-hydrogen) atoms. The molecule has 2 amide bonds. The Balaban J connectivity index is 1.83. The molecule has 0 saturated carbocycles. The summed E-state index contributed by atoms with van der Waals surface area (Å²) in [6.45, 7) is 7.68. The minimum absolute atomic E-state index is 0.106. The molecule has 1 aliphatic heterocycles. The quantitative estimate of drug-likeness (QED) is 0.625. The first-order chi connectivity index (χ1) is 15.3. The van der Waals surface area contributed by atoms with E-state index in [4.69, 9.17) is 11.6 Å². The van der Waals surface area contributed by atoms with Gasteiger partial charge in [-0.2, -0.15) is 13.2 Å². The molecule has 1 atom stereocenters. The number of carbonyl (C=O) groups excluding carboxylic acids is 2. The summed E-state index contributed by atoms with van der Waals surface area (Å²) < 4.78 is 38.9. The van der Waals surface area contributed by atoms with Crippen LogP contribution >= 0.6 is 11.6 Å². The highest BCUT2D eigenvalue weighted by molar-refractivity contribution is 6.33. The van der Waals surface area contributed by atoms with Gasteiger partial charge in [-0.15, -0.1) is 0 Å². The molecular formula is C23H26ClF3N4O2. The minimum atomic E-state index is -4.57. The van der Waals surface area contributed by atoms with Crippen molar-refractivity contribution in [3.63, 3.8) is 0 Å². The van der Waals surface area contributed by atoms with Crippen molar-refractivity contribution >= 4 is 29.2 Å². The number of amides is 2. The Labute approximate surface area is 195 Å². The molecule has 0 radical (unpaired) electrons. The lowest BCUT2D eigenvalue weighted by molar-refractivity contribution is -0.137. The Morgan fingerprint density at radius 1 is 1.18 bits per heavy atom. The van der Waals surface area contributed by atoms with E-state index in [1.54, 1.807) is 37.8 Å². The number of pyridine rings is 1. The maximum atomic E-state index is 13.2. The van der Waals surface area contributed by atoms with Gasteiger partial charge >= 0.3 is 6.18 Å². The third-order valence-corrected chi connectivity index (χ3v) is 5.65. The number of hydrogen-bond donors (Lipinski definition) is 1. The van der Waals surface area contributed by atoms with Crippen LogP contribution in [0.2, 0.25) is 5.02 Å². The fourth-order valence-electron chi connectivity index (χ4n) is 3.62. The molecule has 1 aliphatic rings. The Morgan fingerprint density at radius 3 is 2.36 bits per heavy atom. The van der Waals surface area contributed by atoms with E-state index < -0.39 is 29.2 Å². The van der Waals surface area contributed by atoms with E-state index in [9.17, 15) is 22.8 Å². The topological polar surface area (TPSA) is 65.5 Å². The normalized spacial score (nSPS) is 16.6. The summed E-state index contributed by atoms with van der Waals surface area (Å²) in [5, 5.41) is 1.09. The molecular weight excluding hydrogens is 457 g/mol. The SMILES string of the molecule is Cc1ccc(C(=O)N(NC(=O)C2CCCN2c2ncc(C(F)(F)F)cc2Cl)C(C)(C)C)cc1. The molecule has 6 nitrogen and oxygen atoms in total. The predicted molar refractivity (Wildman–Crippen MR) is 120 cm³/mol. The zero-order valence-corrected chi connectivity index (χ0v) is 19.6. The highest BCUT2D eigenvalue weighted by Crippen LogP contribution is 2.35. The van der Waals surface area contributed by atoms with Gasteiger partial charge in [0.05, 0.1) is 16.1 Å². The van der Waals surface area contributed by atoms with E-state index in [1.807, 2.05) is 19.1 Å². The first-order valence-corrected chi connectivity index (χ1v) is 10.9. The number of nitrogens with one attached hydrogen (secondary N) is 1. The number of halogens is 4. The molecule has 1 N–H and O–H groups in total. The Hall–Kier alpha value is -2.81. The van der Waals surface area contributed by atoms with Crippen LogP contribution in [-0.2, 0) is 11.0 Å². The molecule has 178 valence electrons. The number of anilines is 1. The molecule has 1 saturated heterocycles. The van der Waals surface area contributed by atoms with Gasteiger partial charge in [0, 0.05) is 18.3 Å². The molecule has 2 aromatic rings. The third-order valence-electron chi connectivity index (χ3n) is 5.37. The Morgan fingerprint density at radius 2 is 1.82 bits per heavy atom. The van der Waals surface area contributed by atoms with Crippen LogP contribution in [0.1, 0.15) is 55.1 Å². The van der Waals surface area contributed by atoms with E-state index >= 15 is 0 Å². The standard InChI is InChI=1S/C23H26ClF3N4O2/c1-14-7-9-15(10-8-14)21(33)31(22(2,3)4)29-20(32)18-6-5-11-30(18)19-17(24)12-16(13-28-19)23(25,26)27/h7-10,12-13,18H,5-6,11H2,1-4H3,(H,29,32). The first-order valence-electron chi connectivity index (χ1n) is 10.5. The third kappa shape index (κ3) is 5.58. The van der Waals surface area contributed by atoms with Gasteiger partial charge in [0.15, 0.2) is 0 Å². The number of aryl methyl sites for hydroxylation is 1. The van der Waals surface area contributed by atoms with Crippen molar-refractivity contribution in [3.8, 4) is 0 Å². The zero-order chi connectivity index (χ0) is 24.6. The van der Waals surface area contributed by atoms with Crippen molar-refractivity contribution in [2.24, 2.45) is 0 Å². The average Bonchev–Trinajstić information content (AvgIpc) is 3.20. The van der Waals surface area contributed by atoms with E-state index in [2.05, 4.69) is 10.4 Å². The van der Waals surface area contributed by atoms with Crippen LogP contribution in [0.25, 0.3) is 0 Å². The second-order valence-corrected chi connectivity index (χ2v) is 9.44. The summed E-state index contributed by atoms with van der Waals surface area (Å²) in [6, 6.07) is 7.08. The number of rotatable bonds is 3. The minimum Gasteiger partial charge on any atom is -0.343 e. The number of carbonyl (C=O) groups is 2. The molecule has 2 heterocycles. The molecule has 1 aromatic carbocycles. The number of alkyl halides is 3. The highest BCUT2D eigenvalue weighted by atomic mass is 35.5. The van der Waals surface area contributed by atoms with Crippen molar-refractivity contribution in [1.29, 1.82) is 0 Å². The summed E-state index contributed by atoms with van der Waals surface area (Å²) in [5.74, 6) is -0.721. The summed E-state index contributed by atoms with van der Waals surface area (Å²) in [6.07, 6.45) is -2.79. The number of hydrazine groups is 1. The number of aromatic nitrogens is 1. The van der Waals surface area contributed by atoms with Crippen molar-refractivity contribution in [3.05, 3.63) is 58.2 Å². The lowest BCUT2D eigenvalue weighted by Gasteiger charge is -2.37. The van der Waals surface area contributed by atoms with Gasteiger partial charge in [0.2, 0.25) is 0 Å². The van der Waals surface area contributed by atoms with Crippen LogP contribution in [0.3, 0.4) is 0 Å². The van der Waals surface area contributed by atoms with Crippen LogP contribution in [0, 0.1) is 6.92 Å².